The summed E-state index contributed by atoms with van der Waals surface area (Å²) in [5, 5.41) is 3.55. The molecule has 1 aromatic rings. The number of benzene rings is 1. The quantitative estimate of drug-likeness (QED) is 0.848. The molecule has 1 rings (SSSR count). The van der Waals surface area contributed by atoms with Crippen LogP contribution in [0.1, 0.15) is 32.8 Å². The van der Waals surface area contributed by atoms with Crippen LogP contribution in [0, 0.1) is 6.92 Å². The second-order valence-corrected chi connectivity index (χ2v) is 6.11. The van der Waals surface area contributed by atoms with Gasteiger partial charge in [-0.3, -0.25) is 0 Å². The number of nitrogens with zero attached hydrogens (tertiary/aromatic N) is 1. The van der Waals surface area contributed by atoms with Crippen LogP contribution in [0.15, 0.2) is 18.2 Å². The normalized spacial score (nSPS) is 13.2. The minimum absolute atomic E-state index is 0.0957. The van der Waals surface area contributed by atoms with Crippen molar-refractivity contribution in [2.24, 2.45) is 0 Å². The molecule has 3 nitrogen and oxygen atoms in total. The maximum absolute atomic E-state index is 5.48. The Morgan fingerprint density at radius 3 is 2.47 bits per heavy atom. The molecule has 0 aliphatic heterocycles. The monoisotopic (exact) mass is 264 g/mol. The molecule has 1 aromatic carbocycles. The fourth-order valence-corrected chi connectivity index (χ4v) is 2.34. The number of ether oxygens (including phenoxy) is 1. The van der Waals surface area contributed by atoms with Crippen LogP contribution in [0.25, 0.3) is 0 Å². The first-order valence-electron chi connectivity index (χ1n) is 6.85. The summed E-state index contributed by atoms with van der Waals surface area (Å²) in [4.78, 5) is 2.14. The lowest BCUT2D eigenvalue weighted by Gasteiger charge is -2.28. The number of hydrogen-bond donors (Lipinski definition) is 1. The molecule has 0 bridgehead atoms. The van der Waals surface area contributed by atoms with Gasteiger partial charge in [0.15, 0.2) is 0 Å². The molecule has 0 amide bonds. The van der Waals surface area contributed by atoms with E-state index < -0.39 is 0 Å². The van der Waals surface area contributed by atoms with Gasteiger partial charge in [0.2, 0.25) is 0 Å². The average Bonchev–Trinajstić information content (AvgIpc) is 2.30. The maximum atomic E-state index is 5.48. The van der Waals surface area contributed by atoms with Crippen molar-refractivity contribution in [1.29, 1.82) is 0 Å². The molecule has 0 spiro atoms. The van der Waals surface area contributed by atoms with Gasteiger partial charge in [-0.1, -0.05) is 6.07 Å². The average molecular weight is 264 g/mol. The minimum atomic E-state index is -0.0957. The molecule has 0 aromatic heterocycles. The second-order valence-electron chi connectivity index (χ2n) is 6.11. The Bertz CT molecular complexity index is 413. The van der Waals surface area contributed by atoms with Crippen LogP contribution in [0.4, 0.5) is 11.4 Å². The molecular weight excluding hydrogens is 236 g/mol. The van der Waals surface area contributed by atoms with E-state index in [1.165, 1.54) is 11.3 Å². The van der Waals surface area contributed by atoms with Crippen molar-refractivity contribution in [2.75, 3.05) is 31.4 Å². The van der Waals surface area contributed by atoms with E-state index in [0.29, 0.717) is 6.04 Å². The van der Waals surface area contributed by atoms with Crippen LogP contribution in [-0.2, 0) is 4.74 Å². The largest absolute Gasteiger partial charge is 0.382 e. The third kappa shape index (κ3) is 4.75. The third-order valence-electron chi connectivity index (χ3n) is 3.45. The van der Waals surface area contributed by atoms with Crippen molar-refractivity contribution in [3.05, 3.63) is 23.8 Å². The first kappa shape index (κ1) is 15.8. The van der Waals surface area contributed by atoms with Crippen LogP contribution in [-0.4, -0.2) is 32.8 Å². The first-order valence-corrected chi connectivity index (χ1v) is 6.85. The molecule has 0 saturated heterocycles. The fraction of sp³-hybridized carbons (Fsp3) is 0.625. The Kier molecular flexibility index (Phi) is 5.24. The summed E-state index contributed by atoms with van der Waals surface area (Å²) < 4.78 is 5.48. The van der Waals surface area contributed by atoms with Crippen molar-refractivity contribution in [2.45, 2.75) is 45.8 Å². The van der Waals surface area contributed by atoms with E-state index >= 15 is 0 Å². The molecule has 3 heteroatoms. The van der Waals surface area contributed by atoms with Crippen LogP contribution in [0.5, 0.6) is 0 Å². The molecule has 0 aliphatic rings. The molecule has 1 N–H and O–H groups in total. The third-order valence-corrected chi connectivity index (χ3v) is 3.45. The first-order chi connectivity index (χ1) is 8.75. The van der Waals surface area contributed by atoms with Gasteiger partial charge in [-0.05, 0) is 51.8 Å². The van der Waals surface area contributed by atoms with Crippen LogP contribution in [0.3, 0.4) is 0 Å². The lowest BCUT2D eigenvalue weighted by atomic mass is 9.99. The molecule has 0 radical (unpaired) electrons. The topological polar surface area (TPSA) is 24.5 Å². The number of nitrogens with one attached hydrogen (secondary N) is 1. The fourth-order valence-electron chi connectivity index (χ4n) is 2.34. The maximum Gasteiger partial charge on any atom is 0.0642 e. The van der Waals surface area contributed by atoms with Crippen molar-refractivity contribution in [3.8, 4) is 0 Å². The Hall–Kier alpha value is -1.22. The van der Waals surface area contributed by atoms with E-state index in [0.717, 1.165) is 12.1 Å². The number of rotatable bonds is 6. The van der Waals surface area contributed by atoms with E-state index in [4.69, 9.17) is 4.74 Å². The Morgan fingerprint density at radius 1 is 1.32 bits per heavy atom. The molecule has 0 saturated carbocycles. The molecule has 0 heterocycles. The summed E-state index contributed by atoms with van der Waals surface area (Å²) in [5.41, 5.74) is 3.61. The van der Waals surface area contributed by atoms with E-state index in [1.54, 1.807) is 7.11 Å². The lowest BCUT2D eigenvalue weighted by molar-refractivity contribution is 0.0128. The molecule has 0 fully saturated rings. The van der Waals surface area contributed by atoms with Gasteiger partial charge in [0.25, 0.3) is 0 Å². The highest BCUT2D eigenvalue weighted by Gasteiger charge is 2.20. The smallest absolute Gasteiger partial charge is 0.0642 e. The van der Waals surface area contributed by atoms with Crippen molar-refractivity contribution < 1.29 is 4.74 Å². The van der Waals surface area contributed by atoms with Gasteiger partial charge in [0.05, 0.1) is 5.60 Å². The predicted octanol–water partition coefficient (Wildman–Crippen LogP) is 3.68. The zero-order valence-electron chi connectivity index (χ0n) is 13.4. The summed E-state index contributed by atoms with van der Waals surface area (Å²) in [6.07, 6.45) is 0.967. The molecule has 19 heavy (non-hydrogen) atoms. The Labute approximate surface area is 118 Å². The van der Waals surface area contributed by atoms with Gasteiger partial charge >= 0.3 is 0 Å². The zero-order chi connectivity index (χ0) is 14.6. The van der Waals surface area contributed by atoms with Crippen LogP contribution < -0.4 is 10.2 Å². The lowest BCUT2D eigenvalue weighted by Crippen LogP contribution is -2.31. The van der Waals surface area contributed by atoms with Gasteiger partial charge in [0.1, 0.15) is 0 Å². The highest BCUT2D eigenvalue weighted by atomic mass is 16.5. The zero-order valence-corrected chi connectivity index (χ0v) is 13.4. The predicted molar refractivity (Wildman–Crippen MR) is 84.3 cm³/mol. The van der Waals surface area contributed by atoms with Gasteiger partial charge in [0, 0.05) is 38.6 Å². The Balaban J connectivity index is 2.75. The molecule has 1 unspecified atom stereocenters. The summed E-state index contributed by atoms with van der Waals surface area (Å²) in [6.45, 7) is 8.56. The number of anilines is 2. The van der Waals surface area contributed by atoms with Gasteiger partial charge in [-0.15, -0.1) is 0 Å². The molecular formula is C16H28N2O. The van der Waals surface area contributed by atoms with Crippen LogP contribution >= 0.6 is 0 Å². The van der Waals surface area contributed by atoms with Crippen LogP contribution in [0.2, 0.25) is 0 Å². The standard InChI is InChI=1S/C16H28N2O/c1-12-8-9-14(10-15(12)18(5)6)17-13(2)11-16(3,4)19-7/h8-10,13,17H,11H2,1-7H3. The number of methoxy groups -OCH3 is 1. The molecule has 1 atom stereocenters. The van der Waals surface area contributed by atoms with Gasteiger partial charge in [-0.25, -0.2) is 0 Å². The highest BCUT2D eigenvalue weighted by Crippen LogP contribution is 2.24. The van der Waals surface area contributed by atoms with E-state index in [2.05, 4.69) is 70.2 Å². The molecule has 0 aliphatic carbocycles. The summed E-state index contributed by atoms with van der Waals surface area (Å²) >= 11 is 0. The Morgan fingerprint density at radius 2 is 1.95 bits per heavy atom. The van der Waals surface area contributed by atoms with Crippen molar-refractivity contribution in [1.82, 2.24) is 0 Å². The van der Waals surface area contributed by atoms with Crippen molar-refractivity contribution >= 4 is 11.4 Å². The van der Waals surface area contributed by atoms with Gasteiger partial charge < -0.3 is 15.0 Å². The summed E-state index contributed by atoms with van der Waals surface area (Å²) in [5.74, 6) is 0. The summed E-state index contributed by atoms with van der Waals surface area (Å²) in [6, 6.07) is 6.86. The van der Waals surface area contributed by atoms with E-state index in [9.17, 15) is 0 Å². The van der Waals surface area contributed by atoms with E-state index in [-0.39, 0.29) is 5.60 Å². The second kappa shape index (κ2) is 6.29. The molecule has 108 valence electrons. The number of hydrogen-bond acceptors (Lipinski definition) is 3. The van der Waals surface area contributed by atoms with E-state index in [1.807, 2.05) is 0 Å². The van der Waals surface area contributed by atoms with Gasteiger partial charge in [-0.2, -0.15) is 0 Å². The SMILES string of the molecule is COC(C)(C)CC(C)Nc1ccc(C)c(N(C)C)c1. The summed E-state index contributed by atoms with van der Waals surface area (Å²) in [7, 11) is 5.91. The highest BCUT2D eigenvalue weighted by molar-refractivity contribution is 5.62. The van der Waals surface area contributed by atoms with Crippen molar-refractivity contribution in [3.63, 3.8) is 0 Å². The minimum Gasteiger partial charge on any atom is -0.382 e. The number of aryl methyl sites for hydroxylation is 1.